The third-order valence-electron chi connectivity index (χ3n) is 5.54. The first-order valence-electron chi connectivity index (χ1n) is 11.2. The maximum absolute atomic E-state index is 13.6. The summed E-state index contributed by atoms with van der Waals surface area (Å²) in [6.45, 7) is 4.09. The van der Waals surface area contributed by atoms with Crippen LogP contribution in [0.25, 0.3) is 16.6 Å². The molecule has 0 aliphatic heterocycles. The van der Waals surface area contributed by atoms with Crippen molar-refractivity contribution in [1.29, 1.82) is 0 Å². The Morgan fingerprint density at radius 1 is 1.14 bits per heavy atom. The number of ether oxygens (including phenoxy) is 1. The molecule has 0 saturated heterocycles. The van der Waals surface area contributed by atoms with Crippen molar-refractivity contribution in [3.05, 3.63) is 92.8 Å². The molecule has 0 saturated carbocycles. The van der Waals surface area contributed by atoms with Crippen LogP contribution in [-0.2, 0) is 4.79 Å². The van der Waals surface area contributed by atoms with Gasteiger partial charge in [0.25, 0.3) is 11.2 Å². The van der Waals surface area contributed by atoms with Gasteiger partial charge in [-0.25, -0.2) is 4.98 Å². The van der Waals surface area contributed by atoms with Crippen LogP contribution < -0.4 is 15.6 Å². The number of nitro groups is 1. The Morgan fingerprint density at radius 3 is 2.58 bits per heavy atom. The number of nitrogens with one attached hydrogen (secondary N) is 1. The second-order valence-electron chi connectivity index (χ2n) is 8.24. The Morgan fingerprint density at radius 2 is 1.86 bits per heavy atom. The number of carbonyl (C=O) groups is 1. The summed E-state index contributed by atoms with van der Waals surface area (Å²) in [5.41, 5.74) is 2.00. The van der Waals surface area contributed by atoms with Crippen LogP contribution in [0, 0.1) is 10.1 Å². The predicted molar refractivity (Wildman–Crippen MR) is 140 cm³/mol. The van der Waals surface area contributed by atoms with Crippen molar-refractivity contribution >= 4 is 39.9 Å². The molecule has 0 fully saturated rings. The normalized spacial score (nSPS) is 11.0. The highest BCUT2D eigenvalue weighted by Crippen LogP contribution is 2.30. The smallest absolute Gasteiger partial charge is 0.271 e. The highest BCUT2D eigenvalue weighted by atomic mass is 32.2. The topological polar surface area (TPSA) is 116 Å². The van der Waals surface area contributed by atoms with Crippen molar-refractivity contribution in [3.63, 3.8) is 0 Å². The van der Waals surface area contributed by atoms with E-state index in [0.717, 1.165) is 17.3 Å². The van der Waals surface area contributed by atoms with E-state index >= 15 is 0 Å². The number of fused-ring (bicyclic) bond motifs is 1. The number of anilines is 1. The molecule has 0 unspecified atom stereocenters. The fourth-order valence-corrected chi connectivity index (χ4v) is 4.63. The average molecular weight is 505 g/mol. The van der Waals surface area contributed by atoms with Gasteiger partial charge in [-0.15, -0.1) is 0 Å². The maximum Gasteiger partial charge on any atom is 0.271 e. The summed E-state index contributed by atoms with van der Waals surface area (Å²) in [5, 5.41) is 14.7. The number of non-ortho nitro benzene ring substituents is 1. The Bertz CT molecular complexity index is 1520. The van der Waals surface area contributed by atoms with Crippen LogP contribution in [-0.4, -0.2) is 33.2 Å². The van der Waals surface area contributed by atoms with Crippen LogP contribution in [0.3, 0.4) is 0 Å². The number of methoxy groups -OCH3 is 1. The van der Waals surface area contributed by atoms with Crippen LogP contribution in [0.15, 0.2) is 76.7 Å². The zero-order valence-electron chi connectivity index (χ0n) is 19.9. The second-order valence-corrected chi connectivity index (χ2v) is 9.19. The zero-order valence-corrected chi connectivity index (χ0v) is 20.7. The lowest BCUT2D eigenvalue weighted by Crippen LogP contribution is -2.24. The summed E-state index contributed by atoms with van der Waals surface area (Å²) >= 11 is 1.11. The molecule has 0 atom stereocenters. The van der Waals surface area contributed by atoms with E-state index in [9.17, 15) is 19.7 Å². The molecule has 4 rings (SSSR count). The van der Waals surface area contributed by atoms with E-state index in [1.165, 1.54) is 25.3 Å². The molecule has 4 aromatic rings. The highest BCUT2D eigenvalue weighted by Gasteiger charge is 2.19. The first kappa shape index (κ1) is 24.9. The van der Waals surface area contributed by atoms with Crippen molar-refractivity contribution in [2.75, 3.05) is 18.2 Å². The van der Waals surface area contributed by atoms with Crippen molar-refractivity contribution in [2.45, 2.75) is 24.9 Å². The SMILES string of the molecule is COc1ccc([N+](=O)[O-])cc1NC(=O)CSc1nc2ccccc2c(=O)n1-c1ccccc1C(C)C. The lowest BCUT2D eigenvalue weighted by atomic mass is 10.0. The number of nitro benzene ring substituents is 1. The molecule has 1 aromatic heterocycles. The van der Waals surface area contributed by atoms with Gasteiger partial charge in [-0.05, 0) is 35.7 Å². The summed E-state index contributed by atoms with van der Waals surface area (Å²) in [6, 6.07) is 18.7. The van der Waals surface area contributed by atoms with Crippen LogP contribution in [0.4, 0.5) is 11.4 Å². The van der Waals surface area contributed by atoms with Gasteiger partial charge < -0.3 is 10.1 Å². The van der Waals surface area contributed by atoms with Gasteiger partial charge in [0.1, 0.15) is 5.75 Å². The zero-order chi connectivity index (χ0) is 25.8. The van der Waals surface area contributed by atoms with Crippen LogP contribution >= 0.6 is 11.8 Å². The molecule has 3 aromatic carbocycles. The molecule has 0 spiro atoms. The standard InChI is InChI=1S/C26H24N4O5S/c1-16(2)18-8-5-7-11-22(18)29-25(32)19-9-4-6-10-20(19)28-26(29)36-15-24(31)27-21-14-17(30(33)34)12-13-23(21)35-3/h4-14,16H,15H2,1-3H3,(H,27,31). The number of rotatable bonds is 8. The molecule has 10 heteroatoms. The molecule has 0 bridgehead atoms. The number of para-hydroxylation sites is 2. The minimum absolute atomic E-state index is 0.0829. The molecule has 184 valence electrons. The van der Waals surface area contributed by atoms with Crippen LogP contribution in [0.2, 0.25) is 0 Å². The van der Waals surface area contributed by atoms with Gasteiger partial charge in [-0.2, -0.15) is 0 Å². The van der Waals surface area contributed by atoms with Gasteiger partial charge in [0.2, 0.25) is 5.91 Å². The minimum atomic E-state index is -0.548. The molecule has 0 aliphatic rings. The summed E-state index contributed by atoms with van der Waals surface area (Å²) in [6.07, 6.45) is 0. The minimum Gasteiger partial charge on any atom is -0.495 e. The van der Waals surface area contributed by atoms with E-state index in [0.29, 0.717) is 27.5 Å². The quantitative estimate of drug-likeness (QED) is 0.153. The van der Waals surface area contributed by atoms with E-state index in [4.69, 9.17) is 9.72 Å². The lowest BCUT2D eigenvalue weighted by molar-refractivity contribution is -0.384. The molecule has 1 heterocycles. The molecule has 1 amide bonds. The van der Waals surface area contributed by atoms with E-state index in [-0.39, 0.29) is 28.6 Å². The van der Waals surface area contributed by atoms with Gasteiger partial charge in [-0.3, -0.25) is 24.3 Å². The summed E-state index contributed by atoms with van der Waals surface area (Å²) in [4.78, 5) is 41.7. The number of thioether (sulfide) groups is 1. The third kappa shape index (κ3) is 5.08. The van der Waals surface area contributed by atoms with E-state index < -0.39 is 10.8 Å². The molecule has 9 nitrogen and oxygen atoms in total. The Kier molecular flexibility index (Phi) is 7.35. The third-order valence-corrected chi connectivity index (χ3v) is 6.48. The van der Waals surface area contributed by atoms with Gasteiger partial charge in [0.15, 0.2) is 5.16 Å². The van der Waals surface area contributed by atoms with Gasteiger partial charge >= 0.3 is 0 Å². The average Bonchev–Trinajstić information content (AvgIpc) is 2.87. The Balaban J connectivity index is 1.70. The number of amides is 1. The number of benzene rings is 3. The first-order chi connectivity index (χ1) is 17.3. The number of carbonyl (C=O) groups excluding carboxylic acids is 1. The van der Waals surface area contributed by atoms with Crippen molar-refractivity contribution < 1.29 is 14.5 Å². The molecule has 36 heavy (non-hydrogen) atoms. The molecular weight excluding hydrogens is 480 g/mol. The number of hydrogen-bond donors (Lipinski definition) is 1. The van der Waals surface area contributed by atoms with Crippen molar-refractivity contribution in [2.24, 2.45) is 0 Å². The van der Waals surface area contributed by atoms with E-state index in [2.05, 4.69) is 5.32 Å². The van der Waals surface area contributed by atoms with Gasteiger partial charge in [0.05, 0.1) is 40.1 Å². The van der Waals surface area contributed by atoms with E-state index in [1.54, 1.807) is 28.8 Å². The Hall–Kier alpha value is -4.18. The van der Waals surface area contributed by atoms with E-state index in [1.807, 2.05) is 38.1 Å². The molecule has 0 radical (unpaired) electrons. The van der Waals surface area contributed by atoms with Gasteiger partial charge in [-0.1, -0.05) is 55.9 Å². The largest absolute Gasteiger partial charge is 0.495 e. The van der Waals surface area contributed by atoms with Crippen LogP contribution in [0.5, 0.6) is 5.75 Å². The van der Waals surface area contributed by atoms with Crippen LogP contribution in [0.1, 0.15) is 25.3 Å². The summed E-state index contributed by atoms with van der Waals surface area (Å²) < 4.78 is 6.76. The Labute approximate surface area is 211 Å². The first-order valence-corrected chi connectivity index (χ1v) is 12.1. The fraction of sp³-hybridized carbons (Fsp3) is 0.192. The second kappa shape index (κ2) is 10.6. The fourth-order valence-electron chi connectivity index (χ4n) is 3.82. The number of aromatic nitrogens is 2. The molecule has 0 aliphatic carbocycles. The lowest BCUT2D eigenvalue weighted by Gasteiger charge is -2.18. The van der Waals surface area contributed by atoms with Crippen molar-refractivity contribution in [1.82, 2.24) is 9.55 Å². The van der Waals surface area contributed by atoms with Crippen molar-refractivity contribution in [3.8, 4) is 11.4 Å². The maximum atomic E-state index is 13.6. The van der Waals surface area contributed by atoms with Gasteiger partial charge in [0, 0.05) is 12.1 Å². The monoisotopic (exact) mass is 504 g/mol. The molecule has 1 N–H and O–H groups in total. The number of nitrogens with zero attached hydrogens (tertiary/aromatic N) is 3. The highest BCUT2D eigenvalue weighted by molar-refractivity contribution is 7.99. The molecular formula is C26H24N4O5S. The number of hydrogen-bond acceptors (Lipinski definition) is 7. The summed E-state index contributed by atoms with van der Waals surface area (Å²) in [5.74, 6) is -0.0574. The summed E-state index contributed by atoms with van der Waals surface area (Å²) in [7, 11) is 1.41. The predicted octanol–water partition coefficient (Wildman–Crippen LogP) is 5.16.